The molecule has 25 heavy (non-hydrogen) atoms. The van der Waals surface area contributed by atoms with Gasteiger partial charge in [0.1, 0.15) is 5.75 Å². The molecule has 1 aromatic heterocycles. The van der Waals surface area contributed by atoms with Crippen molar-refractivity contribution < 1.29 is 9.84 Å². The molecule has 0 radical (unpaired) electrons. The van der Waals surface area contributed by atoms with Gasteiger partial charge in [-0.05, 0) is 56.0 Å². The Kier molecular flexibility index (Phi) is 4.09. The van der Waals surface area contributed by atoms with E-state index >= 15 is 0 Å². The van der Waals surface area contributed by atoms with E-state index in [1.54, 1.807) is 13.2 Å². The van der Waals surface area contributed by atoms with Crippen LogP contribution in [0.2, 0.25) is 0 Å². The SMILES string of the molecule is COc1ccc(-c2ccc(=O)n(CC3(O)C[C@@H]4CC[C@@H](C3)N4)n2)cc1. The lowest BCUT2D eigenvalue weighted by Gasteiger charge is -2.37. The highest BCUT2D eigenvalue weighted by atomic mass is 16.5. The highest BCUT2D eigenvalue weighted by Gasteiger charge is 2.42. The minimum atomic E-state index is -0.869. The van der Waals surface area contributed by atoms with Crippen LogP contribution in [0.4, 0.5) is 0 Å². The molecule has 0 amide bonds. The molecular formula is C19H23N3O3. The summed E-state index contributed by atoms with van der Waals surface area (Å²) in [5.41, 5.74) is 0.568. The monoisotopic (exact) mass is 341 g/mol. The van der Waals surface area contributed by atoms with Crippen LogP contribution >= 0.6 is 0 Å². The average Bonchev–Trinajstić information content (AvgIpc) is 2.96. The summed E-state index contributed by atoms with van der Waals surface area (Å²) >= 11 is 0. The second kappa shape index (κ2) is 6.28. The molecule has 4 rings (SSSR count). The molecule has 2 saturated heterocycles. The van der Waals surface area contributed by atoms with Crippen LogP contribution in [0.1, 0.15) is 25.7 Å². The van der Waals surface area contributed by atoms with Gasteiger partial charge in [0.25, 0.3) is 5.56 Å². The van der Waals surface area contributed by atoms with Crippen LogP contribution in [-0.2, 0) is 6.54 Å². The van der Waals surface area contributed by atoms with Crippen molar-refractivity contribution in [2.24, 2.45) is 0 Å². The van der Waals surface area contributed by atoms with Crippen LogP contribution in [0.5, 0.6) is 5.75 Å². The molecule has 2 N–H and O–H groups in total. The fourth-order valence-corrected chi connectivity index (χ4v) is 4.11. The number of ether oxygens (including phenoxy) is 1. The van der Waals surface area contributed by atoms with Gasteiger partial charge in [-0.25, -0.2) is 4.68 Å². The van der Waals surface area contributed by atoms with Crippen molar-refractivity contribution in [1.29, 1.82) is 0 Å². The molecule has 3 heterocycles. The molecule has 1 aromatic carbocycles. The normalized spacial score (nSPS) is 28.1. The minimum Gasteiger partial charge on any atom is -0.497 e. The van der Waals surface area contributed by atoms with Crippen molar-refractivity contribution in [2.75, 3.05) is 7.11 Å². The second-order valence-electron chi connectivity index (χ2n) is 7.21. The van der Waals surface area contributed by atoms with E-state index < -0.39 is 5.60 Å². The lowest BCUT2D eigenvalue weighted by atomic mass is 9.87. The van der Waals surface area contributed by atoms with Crippen molar-refractivity contribution in [3.63, 3.8) is 0 Å². The van der Waals surface area contributed by atoms with E-state index in [0.29, 0.717) is 30.6 Å². The quantitative estimate of drug-likeness (QED) is 0.883. The molecule has 0 saturated carbocycles. The van der Waals surface area contributed by atoms with Crippen LogP contribution in [0, 0.1) is 0 Å². The Hall–Kier alpha value is -2.18. The van der Waals surface area contributed by atoms with Gasteiger partial charge in [0, 0.05) is 23.7 Å². The Morgan fingerprint density at radius 2 is 1.88 bits per heavy atom. The molecule has 2 bridgehead atoms. The van der Waals surface area contributed by atoms with E-state index in [9.17, 15) is 9.90 Å². The highest BCUT2D eigenvalue weighted by molar-refractivity contribution is 5.59. The van der Waals surface area contributed by atoms with Crippen molar-refractivity contribution >= 4 is 0 Å². The molecule has 132 valence electrons. The number of aliphatic hydroxyl groups is 1. The minimum absolute atomic E-state index is 0.184. The van der Waals surface area contributed by atoms with Crippen molar-refractivity contribution in [3.8, 4) is 17.0 Å². The second-order valence-corrected chi connectivity index (χ2v) is 7.21. The number of rotatable bonds is 4. The molecular weight excluding hydrogens is 318 g/mol. The van der Waals surface area contributed by atoms with Crippen molar-refractivity contribution in [3.05, 3.63) is 46.8 Å². The smallest absolute Gasteiger partial charge is 0.266 e. The molecule has 2 fully saturated rings. The molecule has 2 aromatic rings. The van der Waals surface area contributed by atoms with Gasteiger partial charge in [-0.1, -0.05) is 0 Å². The Balaban J connectivity index is 1.60. The van der Waals surface area contributed by atoms with E-state index in [0.717, 1.165) is 24.2 Å². The van der Waals surface area contributed by atoms with Crippen LogP contribution in [0.25, 0.3) is 11.3 Å². The number of fused-ring (bicyclic) bond motifs is 2. The summed E-state index contributed by atoms with van der Waals surface area (Å²) in [5, 5.41) is 19.0. The van der Waals surface area contributed by atoms with Gasteiger partial charge in [0.2, 0.25) is 0 Å². The van der Waals surface area contributed by atoms with Gasteiger partial charge in [-0.2, -0.15) is 5.10 Å². The Morgan fingerprint density at radius 3 is 2.52 bits per heavy atom. The van der Waals surface area contributed by atoms with E-state index in [1.165, 1.54) is 10.7 Å². The van der Waals surface area contributed by atoms with Crippen LogP contribution in [-0.4, -0.2) is 39.7 Å². The van der Waals surface area contributed by atoms with Gasteiger partial charge in [0.15, 0.2) is 0 Å². The third-order valence-corrected chi connectivity index (χ3v) is 5.28. The fourth-order valence-electron chi connectivity index (χ4n) is 4.11. The number of nitrogens with one attached hydrogen (secondary N) is 1. The number of aromatic nitrogens is 2. The Labute approximate surface area is 146 Å². The molecule has 6 nitrogen and oxygen atoms in total. The largest absolute Gasteiger partial charge is 0.497 e. The Bertz CT molecular complexity index is 803. The number of methoxy groups -OCH3 is 1. The molecule has 0 aliphatic carbocycles. The molecule has 2 aliphatic rings. The molecule has 0 unspecified atom stereocenters. The maximum Gasteiger partial charge on any atom is 0.266 e. The predicted octanol–water partition coefficient (Wildman–Crippen LogP) is 1.56. The zero-order valence-electron chi connectivity index (χ0n) is 14.3. The maximum atomic E-state index is 12.3. The number of nitrogens with zero attached hydrogens (tertiary/aromatic N) is 2. The fraction of sp³-hybridized carbons (Fsp3) is 0.474. The van der Waals surface area contributed by atoms with Crippen molar-refractivity contribution in [1.82, 2.24) is 15.1 Å². The van der Waals surface area contributed by atoms with Gasteiger partial charge in [-0.15, -0.1) is 0 Å². The number of piperidine rings is 1. The lowest BCUT2D eigenvalue weighted by Crippen LogP contribution is -2.51. The van der Waals surface area contributed by atoms with Crippen molar-refractivity contribution in [2.45, 2.75) is 49.9 Å². The molecule has 6 heteroatoms. The van der Waals surface area contributed by atoms with Crippen LogP contribution in [0.15, 0.2) is 41.2 Å². The van der Waals surface area contributed by atoms with E-state index in [2.05, 4.69) is 10.4 Å². The predicted molar refractivity (Wildman–Crippen MR) is 94.6 cm³/mol. The first kappa shape index (κ1) is 16.3. The summed E-state index contributed by atoms with van der Waals surface area (Å²) < 4.78 is 6.58. The van der Waals surface area contributed by atoms with Gasteiger partial charge in [-0.3, -0.25) is 4.79 Å². The molecule has 0 spiro atoms. The third kappa shape index (κ3) is 3.32. The van der Waals surface area contributed by atoms with Gasteiger partial charge >= 0.3 is 0 Å². The van der Waals surface area contributed by atoms with E-state index in [4.69, 9.17) is 4.74 Å². The summed E-state index contributed by atoms with van der Waals surface area (Å²) in [6.07, 6.45) is 3.54. The topological polar surface area (TPSA) is 76.4 Å². The first-order valence-corrected chi connectivity index (χ1v) is 8.76. The first-order valence-electron chi connectivity index (χ1n) is 8.76. The number of benzene rings is 1. The first-order chi connectivity index (χ1) is 12.0. The zero-order valence-corrected chi connectivity index (χ0v) is 14.3. The summed E-state index contributed by atoms with van der Waals surface area (Å²) in [6, 6.07) is 11.5. The third-order valence-electron chi connectivity index (χ3n) is 5.28. The lowest BCUT2D eigenvalue weighted by molar-refractivity contribution is -0.0249. The summed E-state index contributed by atoms with van der Waals surface area (Å²) in [6.45, 7) is 0.241. The van der Waals surface area contributed by atoms with E-state index in [1.807, 2.05) is 24.3 Å². The highest BCUT2D eigenvalue weighted by Crippen LogP contribution is 2.34. The molecule has 2 atom stereocenters. The maximum absolute atomic E-state index is 12.3. The van der Waals surface area contributed by atoms with Crippen LogP contribution < -0.4 is 15.6 Å². The number of hydrogen-bond acceptors (Lipinski definition) is 5. The van der Waals surface area contributed by atoms with E-state index in [-0.39, 0.29) is 12.1 Å². The summed E-state index contributed by atoms with van der Waals surface area (Å²) in [5.74, 6) is 0.775. The Morgan fingerprint density at radius 1 is 1.20 bits per heavy atom. The average molecular weight is 341 g/mol. The summed E-state index contributed by atoms with van der Waals surface area (Å²) in [4.78, 5) is 12.3. The van der Waals surface area contributed by atoms with Crippen LogP contribution in [0.3, 0.4) is 0 Å². The van der Waals surface area contributed by atoms with Gasteiger partial charge in [0.05, 0.1) is 24.9 Å². The summed E-state index contributed by atoms with van der Waals surface area (Å²) in [7, 11) is 1.63. The molecule has 2 aliphatic heterocycles. The standard InChI is InChI=1S/C19H23N3O3/c1-25-16-6-2-13(3-7-16)17-8-9-18(23)22(21-17)12-19(24)10-14-4-5-15(11-19)20-14/h2-3,6-9,14-15,20,24H,4-5,10-12H2,1H3/t14-,15-/m0/s1. The zero-order chi connectivity index (χ0) is 17.4. The number of hydrogen-bond donors (Lipinski definition) is 2. The van der Waals surface area contributed by atoms with Gasteiger partial charge < -0.3 is 15.2 Å².